The van der Waals surface area contributed by atoms with Gasteiger partial charge in [0.15, 0.2) is 0 Å². The van der Waals surface area contributed by atoms with E-state index in [0.717, 1.165) is 32.4 Å². The van der Waals surface area contributed by atoms with Crippen molar-refractivity contribution in [1.29, 1.82) is 0 Å². The number of likely N-dealkylation sites (N-methyl/N-ethyl adjacent to an activating group) is 1. The molecule has 1 aliphatic carbocycles. The van der Waals surface area contributed by atoms with Crippen LogP contribution >= 0.6 is 11.8 Å². The summed E-state index contributed by atoms with van der Waals surface area (Å²) in [6.07, 6.45) is 8.76. The molecule has 0 bridgehead atoms. The molecular formula is C16H26FNOS. The number of allylic oxidation sites excluding steroid dienone is 1. The number of nitrogens with zero attached hydrogens (tertiary/aromatic N) is 1. The van der Waals surface area contributed by atoms with Gasteiger partial charge in [-0.15, -0.1) is 0 Å². The van der Waals surface area contributed by atoms with Crippen LogP contribution in [0.25, 0.3) is 0 Å². The van der Waals surface area contributed by atoms with Gasteiger partial charge >= 0.3 is 0 Å². The van der Waals surface area contributed by atoms with E-state index in [2.05, 4.69) is 0 Å². The number of thioether (sulfide) groups is 1. The first-order valence-corrected chi connectivity index (χ1v) is 8.98. The summed E-state index contributed by atoms with van der Waals surface area (Å²) in [5.41, 5.74) is 0. The fourth-order valence-electron chi connectivity index (χ4n) is 3.05. The van der Waals surface area contributed by atoms with Gasteiger partial charge in [-0.2, -0.15) is 11.8 Å². The van der Waals surface area contributed by atoms with Crippen LogP contribution in [-0.2, 0) is 4.79 Å². The highest BCUT2D eigenvalue weighted by atomic mass is 32.2. The molecule has 2 fully saturated rings. The summed E-state index contributed by atoms with van der Waals surface area (Å²) in [6, 6.07) is 0. The monoisotopic (exact) mass is 299 g/mol. The normalized spacial score (nSPS) is 30.8. The molecule has 114 valence electrons. The molecule has 0 aromatic rings. The fourth-order valence-corrected chi connectivity index (χ4v) is 4.34. The summed E-state index contributed by atoms with van der Waals surface area (Å²) in [7, 11) is 0. The molecule has 1 aliphatic heterocycles. The molecular weight excluding hydrogens is 273 g/mol. The molecule has 2 nitrogen and oxygen atoms in total. The maximum Gasteiger partial charge on any atom is 0.246 e. The zero-order valence-corrected chi connectivity index (χ0v) is 13.2. The molecule has 0 aromatic carbocycles. The third-order valence-corrected chi connectivity index (χ3v) is 5.74. The summed E-state index contributed by atoms with van der Waals surface area (Å²) in [6.45, 7) is 3.60. The van der Waals surface area contributed by atoms with Gasteiger partial charge in [-0.05, 0) is 44.4 Å². The van der Waals surface area contributed by atoms with Gasteiger partial charge in [0.2, 0.25) is 5.91 Å². The van der Waals surface area contributed by atoms with Crippen molar-refractivity contribution in [2.24, 2.45) is 5.92 Å². The fraction of sp³-hybridized carbons (Fsp3) is 0.812. The molecule has 3 atom stereocenters. The van der Waals surface area contributed by atoms with E-state index >= 15 is 0 Å². The average Bonchev–Trinajstić information content (AvgIpc) is 2.96. The standard InChI is InChI=1S/C16H26FNOS/c1-2-18(12-14-7-5-11-20-14)16(19)10-9-13-6-3-4-8-15(13)17/h9-10,13-15H,2-8,11-12H2,1H3/b10-9+. The highest BCUT2D eigenvalue weighted by molar-refractivity contribution is 8.00. The third kappa shape index (κ3) is 4.51. The van der Waals surface area contributed by atoms with Crippen molar-refractivity contribution >= 4 is 17.7 Å². The van der Waals surface area contributed by atoms with Crippen molar-refractivity contribution in [3.05, 3.63) is 12.2 Å². The Morgan fingerprint density at radius 1 is 1.30 bits per heavy atom. The molecule has 20 heavy (non-hydrogen) atoms. The Balaban J connectivity index is 1.84. The van der Waals surface area contributed by atoms with E-state index in [0.29, 0.717) is 11.7 Å². The molecule has 0 N–H and O–H groups in total. The highest BCUT2D eigenvalue weighted by Crippen LogP contribution is 2.28. The van der Waals surface area contributed by atoms with Crippen LogP contribution in [0.2, 0.25) is 0 Å². The minimum atomic E-state index is -0.756. The van der Waals surface area contributed by atoms with Crippen molar-refractivity contribution in [3.8, 4) is 0 Å². The van der Waals surface area contributed by atoms with Gasteiger partial charge in [0.1, 0.15) is 6.17 Å². The Labute approximate surface area is 126 Å². The van der Waals surface area contributed by atoms with Crippen LogP contribution in [0.1, 0.15) is 45.4 Å². The predicted octanol–water partition coefficient (Wildman–Crippen LogP) is 3.82. The Bertz CT molecular complexity index is 341. The van der Waals surface area contributed by atoms with Gasteiger partial charge < -0.3 is 4.90 Å². The maximum absolute atomic E-state index is 13.7. The largest absolute Gasteiger partial charge is 0.338 e. The lowest BCUT2D eigenvalue weighted by molar-refractivity contribution is -0.125. The first-order valence-electron chi connectivity index (χ1n) is 7.93. The van der Waals surface area contributed by atoms with Gasteiger partial charge in [0, 0.05) is 24.3 Å². The van der Waals surface area contributed by atoms with Gasteiger partial charge in [0.05, 0.1) is 0 Å². The van der Waals surface area contributed by atoms with Gasteiger partial charge in [-0.3, -0.25) is 4.79 Å². The van der Waals surface area contributed by atoms with Crippen molar-refractivity contribution < 1.29 is 9.18 Å². The zero-order valence-electron chi connectivity index (χ0n) is 12.4. The summed E-state index contributed by atoms with van der Waals surface area (Å²) in [5, 5.41) is 0.593. The SMILES string of the molecule is CCN(CC1CCCS1)C(=O)/C=C/C1CCCCC1F. The molecule has 1 amide bonds. The Kier molecular flexibility index (Phi) is 6.40. The second-order valence-corrected chi connectivity index (χ2v) is 7.24. The van der Waals surface area contributed by atoms with E-state index in [1.807, 2.05) is 29.7 Å². The topological polar surface area (TPSA) is 20.3 Å². The number of carbonyl (C=O) groups is 1. The molecule has 2 aliphatic rings. The van der Waals surface area contributed by atoms with E-state index < -0.39 is 6.17 Å². The molecule has 0 radical (unpaired) electrons. The predicted molar refractivity (Wildman–Crippen MR) is 83.7 cm³/mol. The molecule has 0 spiro atoms. The molecule has 1 heterocycles. The number of rotatable bonds is 5. The average molecular weight is 299 g/mol. The lowest BCUT2D eigenvalue weighted by Crippen LogP contribution is -2.34. The lowest BCUT2D eigenvalue weighted by Gasteiger charge is -2.24. The number of hydrogen-bond donors (Lipinski definition) is 0. The lowest BCUT2D eigenvalue weighted by atomic mass is 9.87. The maximum atomic E-state index is 13.7. The summed E-state index contributed by atoms with van der Waals surface area (Å²) < 4.78 is 13.7. The minimum Gasteiger partial charge on any atom is -0.338 e. The summed E-state index contributed by atoms with van der Waals surface area (Å²) >= 11 is 1.97. The number of carbonyl (C=O) groups excluding carboxylic acids is 1. The Morgan fingerprint density at radius 3 is 2.75 bits per heavy atom. The van der Waals surface area contributed by atoms with Crippen molar-refractivity contribution in [3.63, 3.8) is 0 Å². The van der Waals surface area contributed by atoms with E-state index in [1.165, 1.54) is 18.6 Å². The minimum absolute atomic E-state index is 0.0488. The smallest absolute Gasteiger partial charge is 0.246 e. The quantitative estimate of drug-likeness (QED) is 0.719. The number of hydrogen-bond acceptors (Lipinski definition) is 2. The first kappa shape index (κ1) is 15.9. The van der Waals surface area contributed by atoms with Gasteiger partial charge in [-0.25, -0.2) is 4.39 Å². The van der Waals surface area contributed by atoms with Gasteiger partial charge in [0.25, 0.3) is 0 Å². The van der Waals surface area contributed by atoms with Crippen LogP contribution < -0.4 is 0 Å². The molecule has 2 rings (SSSR count). The van der Waals surface area contributed by atoms with Crippen LogP contribution in [0.4, 0.5) is 4.39 Å². The van der Waals surface area contributed by atoms with Crippen molar-refractivity contribution in [2.45, 2.75) is 56.9 Å². The third-order valence-electron chi connectivity index (χ3n) is 4.36. The van der Waals surface area contributed by atoms with Crippen LogP contribution in [0.15, 0.2) is 12.2 Å². The number of alkyl halides is 1. The first-order chi connectivity index (χ1) is 9.70. The van der Waals surface area contributed by atoms with Crippen LogP contribution in [0.5, 0.6) is 0 Å². The van der Waals surface area contributed by atoms with E-state index in [1.54, 1.807) is 6.08 Å². The van der Waals surface area contributed by atoms with Gasteiger partial charge in [-0.1, -0.05) is 18.9 Å². The number of amides is 1. The van der Waals surface area contributed by atoms with Crippen LogP contribution in [-0.4, -0.2) is 41.1 Å². The van der Waals surface area contributed by atoms with E-state index in [4.69, 9.17) is 0 Å². The second kappa shape index (κ2) is 8.06. The van der Waals surface area contributed by atoms with Crippen LogP contribution in [0.3, 0.4) is 0 Å². The highest BCUT2D eigenvalue weighted by Gasteiger charge is 2.23. The summed E-state index contributed by atoms with van der Waals surface area (Å²) in [5.74, 6) is 1.22. The molecule has 0 aromatic heterocycles. The molecule has 3 unspecified atom stereocenters. The number of halogens is 1. The second-order valence-electron chi connectivity index (χ2n) is 5.84. The Morgan fingerprint density at radius 2 is 2.10 bits per heavy atom. The summed E-state index contributed by atoms with van der Waals surface area (Å²) in [4.78, 5) is 14.1. The Hall–Kier alpha value is -0.510. The van der Waals surface area contributed by atoms with E-state index in [-0.39, 0.29) is 11.8 Å². The zero-order chi connectivity index (χ0) is 14.4. The molecule has 1 saturated carbocycles. The molecule has 4 heteroatoms. The van der Waals surface area contributed by atoms with Crippen molar-refractivity contribution in [1.82, 2.24) is 4.90 Å². The van der Waals surface area contributed by atoms with E-state index in [9.17, 15) is 9.18 Å². The van der Waals surface area contributed by atoms with Crippen LogP contribution in [0, 0.1) is 5.92 Å². The molecule has 1 saturated heterocycles. The van der Waals surface area contributed by atoms with Crippen molar-refractivity contribution in [2.75, 3.05) is 18.8 Å².